The summed E-state index contributed by atoms with van der Waals surface area (Å²) in [5, 5.41) is 15.3. The van der Waals surface area contributed by atoms with Crippen LogP contribution < -0.4 is 25.0 Å². The van der Waals surface area contributed by atoms with Crippen molar-refractivity contribution >= 4 is 38.8 Å². The minimum atomic E-state index is -3.70. The van der Waals surface area contributed by atoms with Gasteiger partial charge in [0.25, 0.3) is 5.88 Å². The summed E-state index contributed by atoms with van der Waals surface area (Å²) < 4.78 is 42.5. The lowest BCUT2D eigenvalue weighted by Crippen LogP contribution is -2.39. The van der Waals surface area contributed by atoms with E-state index >= 15 is 0 Å². The first-order chi connectivity index (χ1) is 19.8. The molecular weight excluding hydrogens is 562 g/mol. The van der Waals surface area contributed by atoms with Crippen molar-refractivity contribution in [1.82, 2.24) is 15.0 Å². The third-order valence-electron chi connectivity index (χ3n) is 6.78. The van der Waals surface area contributed by atoms with Crippen LogP contribution >= 0.6 is 0 Å². The zero-order valence-corrected chi connectivity index (χ0v) is 24.7. The Labute approximate surface area is 243 Å². The van der Waals surface area contributed by atoms with E-state index in [1.54, 1.807) is 37.6 Å². The molecule has 3 aromatic heterocycles. The molecule has 0 bridgehead atoms. The number of carbonyl (C=O) groups excluding carboxylic acids is 1. The molecule has 0 radical (unpaired) electrons. The zero-order chi connectivity index (χ0) is 30.2. The van der Waals surface area contributed by atoms with Gasteiger partial charge in [-0.05, 0) is 32.0 Å². The van der Waals surface area contributed by atoms with Crippen LogP contribution in [0.25, 0.3) is 11.3 Å². The average Bonchev–Trinajstić information content (AvgIpc) is 3.35. The Kier molecular flexibility index (Phi) is 7.65. The number of anilines is 4. The van der Waals surface area contributed by atoms with Crippen molar-refractivity contribution in [2.24, 2.45) is 5.92 Å². The van der Waals surface area contributed by atoms with Gasteiger partial charge in [-0.1, -0.05) is 0 Å². The number of fused-ring (bicyclic) bond motifs is 1. The Bertz CT molecular complexity index is 1690. The highest BCUT2D eigenvalue weighted by molar-refractivity contribution is 7.90. The van der Waals surface area contributed by atoms with E-state index in [0.717, 1.165) is 6.26 Å². The SMILES string of the molecule is COC1CN(c2cc(Nc3cc(NC(C)=O)ncc3-c3ccc4c(n3)OCC(C)(C)O4)nc(S(C)(=O)=O)c2)CC1C#N. The maximum atomic E-state index is 12.6. The topological polar surface area (TPSA) is 169 Å². The monoisotopic (exact) mass is 593 g/mol. The van der Waals surface area contributed by atoms with Gasteiger partial charge in [0.2, 0.25) is 5.91 Å². The Morgan fingerprint density at radius 1 is 1.19 bits per heavy atom. The average molecular weight is 594 g/mol. The number of methoxy groups -OCH3 is 1. The number of nitriles is 1. The van der Waals surface area contributed by atoms with Gasteiger partial charge in [-0.15, -0.1) is 0 Å². The zero-order valence-electron chi connectivity index (χ0n) is 23.8. The number of aromatic nitrogens is 3. The molecule has 2 aliphatic rings. The minimum absolute atomic E-state index is 0.144. The lowest BCUT2D eigenvalue weighted by molar-refractivity contribution is -0.114. The smallest absolute Gasteiger partial charge is 0.257 e. The van der Waals surface area contributed by atoms with Gasteiger partial charge >= 0.3 is 0 Å². The molecular formula is C28H31N7O6S. The van der Waals surface area contributed by atoms with Crippen LogP contribution in [0, 0.1) is 17.2 Å². The highest BCUT2D eigenvalue weighted by Gasteiger charge is 2.34. The quantitative estimate of drug-likeness (QED) is 0.411. The number of pyridine rings is 3. The molecule has 2 aliphatic heterocycles. The third kappa shape index (κ3) is 6.22. The first-order valence-corrected chi connectivity index (χ1v) is 15.0. The molecule has 1 amide bonds. The maximum Gasteiger partial charge on any atom is 0.257 e. The van der Waals surface area contributed by atoms with E-state index in [2.05, 4.69) is 31.7 Å². The van der Waals surface area contributed by atoms with Gasteiger partial charge in [-0.2, -0.15) is 5.26 Å². The molecule has 0 aromatic carbocycles. The van der Waals surface area contributed by atoms with Crippen molar-refractivity contribution in [3.8, 4) is 29.0 Å². The van der Waals surface area contributed by atoms with Gasteiger partial charge in [0.05, 0.1) is 29.5 Å². The van der Waals surface area contributed by atoms with E-state index in [1.807, 2.05) is 18.7 Å². The lowest BCUT2D eigenvalue weighted by atomic mass is 10.1. The van der Waals surface area contributed by atoms with E-state index in [1.165, 1.54) is 13.0 Å². The second kappa shape index (κ2) is 11.1. The molecule has 220 valence electrons. The van der Waals surface area contributed by atoms with E-state index in [4.69, 9.17) is 14.2 Å². The van der Waals surface area contributed by atoms with Gasteiger partial charge in [0.1, 0.15) is 23.8 Å². The lowest BCUT2D eigenvalue weighted by Gasteiger charge is -2.31. The Hall–Kier alpha value is -4.48. The predicted octanol–water partition coefficient (Wildman–Crippen LogP) is 3.17. The van der Waals surface area contributed by atoms with Gasteiger partial charge in [0, 0.05) is 63.0 Å². The van der Waals surface area contributed by atoms with Gasteiger partial charge in [-0.25, -0.2) is 23.4 Å². The van der Waals surface area contributed by atoms with E-state index in [-0.39, 0.29) is 34.6 Å². The first-order valence-electron chi connectivity index (χ1n) is 13.1. The summed E-state index contributed by atoms with van der Waals surface area (Å²) in [4.78, 5) is 27.0. The molecule has 0 aliphatic carbocycles. The number of sulfone groups is 1. The summed E-state index contributed by atoms with van der Waals surface area (Å²) in [6.45, 7) is 6.30. The predicted molar refractivity (Wildman–Crippen MR) is 155 cm³/mol. The van der Waals surface area contributed by atoms with Crippen molar-refractivity contribution in [2.75, 3.05) is 48.6 Å². The summed E-state index contributed by atoms with van der Waals surface area (Å²) in [5.41, 5.74) is 1.56. The molecule has 5 heterocycles. The molecule has 0 saturated carbocycles. The first kappa shape index (κ1) is 29.0. The number of nitrogens with one attached hydrogen (secondary N) is 2. The molecule has 1 saturated heterocycles. The molecule has 5 rings (SSSR count). The molecule has 1 fully saturated rings. The molecule has 42 heavy (non-hydrogen) atoms. The van der Waals surface area contributed by atoms with Crippen LogP contribution in [0.3, 0.4) is 0 Å². The Morgan fingerprint density at radius 3 is 2.64 bits per heavy atom. The van der Waals surface area contributed by atoms with Gasteiger partial charge < -0.3 is 29.7 Å². The van der Waals surface area contributed by atoms with Crippen molar-refractivity contribution < 1.29 is 27.4 Å². The fraction of sp³-hybridized carbons (Fsp3) is 0.393. The van der Waals surface area contributed by atoms with Crippen LogP contribution in [0.4, 0.5) is 23.0 Å². The number of carbonyl (C=O) groups is 1. The van der Waals surface area contributed by atoms with Gasteiger partial charge in [0.15, 0.2) is 20.6 Å². The fourth-order valence-corrected chi connectivity index (χ4v) is 5.35. The van der Waals surface area contributed by atoms with Crippen LogP contribution in [0.5, 0.6) is 11.6 Å². The van der Waals surface area contributed by atoms with Crippen LogP contribution in [0.2, 0.25) is 0 Å². The highest BCUT2D eigenvalue weighted by Crippen LogP contribution is 2.38. The molecule has 13 nitrogen and oxygen atoms in total. The van der Waals surface area contributed by atoms with Crippen LogP contribution in [-0.2, 0) is 19.4 Å². The molecule has 2 atom stereocenters. The molecule has 0 spiro atoms. The highest BCUT2D eigenvalue weighted by atomic mass is 32.2. The summed E-state index contributed by atoms with van der Waals surface area (Å²) in [6, 6.07) is 10.6. The van der Waals surface area contributed by atoms with E-state index < -0.39 is 15.4 Å². The molecule has 2 N–H and O–H groups in total. The second-order valence-corrected chi connectivity index (χ2v) is 12.8. The summed E-state index contributed by atoms with van der Waals surface area (Å²) in [7, 11) is -2.15. The number of ether oxygens (including phenoxy) is 3. The summed E-state index contributed by atoms with van der Waals surface area (Å²) in [6.07, 6.45) is 2.30. The number of hydrogen-bond acceptors (Lipinski definition) is 12. The Morgan fingerprint density at radius 2 is 1.98 bits per heavy atom. The van der Waals surface area contributed by atoms with Crippen molar-refractivity contribution in [1.29, 1.82) is 5.26 Å². The van der Waals surface area contributed by atoms with Crippen molar-refractivity contribution in [3.05, 3.63) is 36.5 Å². The van der Waals surface area contributed by atoms with E-state index in [9.17, 15) is 18.5 Å². The van der Waals surface area contributed by atoms with Crippen LogP contribution in [0.1, 0.15) is 20.8 Å². The molecule has 14 heteroatoms. The second-order valence-electron chi connectivity index (χ2n) is 10.8. The third-order valence-corrected chi connectivity index (χ3v) is 7.75. The maximum absolute atomic E-state index is 12.6. The number of hydrogen-bond donors (Lipinski definition) is 2. The fourth-order valence-electron chi connectivity index (χ4n) is 4.75. The largest absolute Gasteiger partial charge is 0.479 e. The van der Waals surface area contributed by atoms with Crippen molar-refractivity contribution in [2.45, 2.75) is 37.5 Å². The van der Waals surface area contributed by atoms with E-state index in [0.29, 0.717) is 54.0 Å². The standard InChI is InChI=1S/C28H31N7O6S/c1-16(36)31-24-10-21(19(12-30-24)20-6-7-22-27(33-20)40-15-28(2,3)41-22)32-25-8-18(9-26(34-25)42(5,37)38)35-13-17(11-29)23(14-35)39-4/h6-10,12,17,23H,13-15H2,1-5H3,(H2,30,31,32,34,36). The number of nitrogens with zero attached hydrogens (tertiary/aromatic N) is 5. The minimum Gasteiger partial charge on any atom is -0.479 e. The van der Waals surface area contributed by atoms with Crippen LogP contribution in [0.15, 0.2) is 41.6 Å². The van der Waals surface area contributed by atoms with Crippen molar-refractivity contribution in [3.63, 3.8) is 0 Å². The Balaban J connectivity index is 1.57. The molecule has 3 aromatic rings. The number of rotatable bonds is 7. The molecule has 2 unspecified atom stereocenters. The summed E-state index contributed by atoms with van der Waals surface area (Å²) in [5.74, 6) is 0.650. The normalized spacial score (nSPS) is 19.2. The van der Waals surface area contributed by atoms with Crippen LogP contribution in [-0.4, -0.2) is 74.0 Å². The summed E-state index contributed by atoms with van der Waals surface area (Å²) >= 11 is 0. The van der Waals surface area contributed by atoms with Gasteiger partial charge in [-0.3, -0.25) is 4.79 Å². The number of amides is 1.